The Morgan fingerprint density at radius 3 is 2.82 bits per heavy atom. The van der Waals surface area contributed by atoms with Gasteiger partial charge in [0.1, 0.15) is 5.52 Å². The van der Waals surface area contributed by atoms with Gasteiger partial charge in [-0.25, -0.2) is 0 Å². The van der Waals surface area contributed by atoms with Crippen molar-refractivity contribution in [2.45, 2.75) is 27.2 Å². The third kappa shape index (κ3) is 3.12. The summed E-state index contributed by atoms with van der Waals surface area (Å²) in [6, 6.07) is 6.03. The fraction of sp³-hybridized carbons (Fsp3) is 0.462. The summed E-state index contributed by atoms with van der Waals surface area (Å²) in [6.07, 6.45) is 1.06. The van der Waals surface area contributed by atoms with E-state index in [4.69, 9.17) is 10.2 Å². The lowest BCUT2D eigenvalue weighted by molar-refractivity contribution is 0.388. The van der Waals surface area contributed by atoms with Gasteiger partial charge in [-0.1, -0.05) is 20.8 Å². The summed E-state index contributed by atoms with van der Waals surface area (Å²) in [7, 11) is 0. The number of fused-ring (bicyclic) bond motifs is 1. The molecule has 0 aliphatic rings. The topological polar surface area (TPSA) is 64.1 Å². The van der Waals surface area contributed by atoms with Gasteiger partial charge >= 0.3 is 0 Å². The van der Waals surface area contributed by atoms with E-state index in [2.05, 4.69) is 31.1 Å². The molecule has 1 aromatic heterocycles. The van der Waals surface area contributed by atoms with E-state index in [0.717, 1.165) is 24.1 Å². The maximum absolute atomic E-state index is 5.69. The number of aromatic nitrogens is 1. The quantitative estimate of drug-likeness (QED) is 0.799. The number of nitrogens with zero attached hydrogens (tertiary/aromatic N) is 1. The standard InChI is InChI=1S/C13H19N3O/c1-13(2,3)6-7-15-12-16-10-8-9(14)4-5-11(10)17-12/h4-5,8H,6-7,14H2,1-3H3,(H,15,16). The van der Waals surface area contributed by atoms with E-state index in [0.29, 0.717) is 17.1 Å². The molecule has 4 heteroatoms. The van der Waals surface area contributed by atoms with E-state index in [-0.39, 0.29) is 0 Å². The molecular formula is C13H19N3O. The maximum Gasteiger partial charge on any atom is 0.295 e. The SMILES string of the molecule is CC(C)(C)CCNc1nc2cc(N)ccc2o1. The first-order chi connectivity index (χ1) is 7.94. The summed E-state index contributed by atoms with van der Waals surface area (Å²) in [4.78, 5) is 4.34. The molecule has 1 aromatic carbocycles. The van der Waals surface area contributed by atoms with Gasteiger partial charge in [-0.3, -0.25) is 0 Å². The van der Waals surface area contributed by atoms with Crippen molar-refractivity contribution in [3.05, 3.63) is 18.2 Å². The average Bonchev–Trinajstić information content (AvgIpc) is 2.57. The second-order valence-corrected chi connectivity index (χ2v) is 5.48. The third-order valence-electron chi connectivity index (χ3n) is 2.56. The molecule has 0 unspecified atom stereocenters. The minimum absolute atomic E-state index is 0.309. The summed E-state index contributed by atoms with van der Waals surface area (Å²) < 4.78 is 5.56. The van der Waals surface area contributed by atoms with Crippen molar-refractivity contribution in [1.29, 1.82) is 0 Å². The monoisotopic (exact) mass is 233 g/mol. The minimum Gasteiger partial charge on any atom is -0.424 e. The zero-order chi connectivity index (χ0) is 12.5. The summed E-state index contributed by atoms with van der Waals surface area (Å²) in [5, 5.41) is 3.19. The molecule has 1 heterocycles. The molecule has 0 atom stereocenters. The number of nitrogens with one attached hydrogen (secondary N) is 1. The highest BCUT2D eigenvalue weighted by Gasteiger charge is 2.10. The van der Waals surface area contributed by atoms with Gasteiger partial charge in [0.15, 0.2) is 5.58 Å². The van der Waals surface area contributed by atoms with Crippen molar-refractivity contribution in [3.8, 4) is 0 Å². The third-order valence-corrected chi connectivity index (χ3v) is 2.56. The number of nitrogens with two attached hydrogens (primary N) is 1. The van der Waals surface area contributed by atoms with E-state index < -0.39 is 0 Å². The number of rotatable bonds is 3. The Bertz CT molecular complexity index is 511. The Morgan fingerprint density at radius 1 is 1.35 bits per heavy atom. The molecule has 3 N–H and O–H groups in total. The van der Waals surface area contributed by atoms with Crippen LogP contribution in [0.1, 0.15) is 27.2 Å². The van der Waals surface area contributed by atoms with E-state index >= 15 is 0 Å². The number of benzene rings is 1. The molecule has 0 amide bonds. The van der Waals surface area contributed by atoms with Gasteiger partial charge in [-0.2, -0.15) is 4.98 Å². The zero-order valence-corrected chi connectivity index (χ0v) is 10.6. The lowest BCUT2D eigenvalue weighted by Gasteiger charge is -2.17. The van der Waals surface area contributed by atoms with Gasteiger partial charge in [0.05, 0.1) is 0 Å². The van der Waals surface area contributed by atoms with Crippen molar-refractivity contribution >= 4 is 22.8 Å². The summed E-state index contributed by atoms with van der Waals surface area (Å²) >= 11 is 0. The number of hydrogen-bond donors (Lipinski definition) is 2. The average molecular weight is 233 g/mol. The Balaban J connectivity index is 2.05. The van der Waals surface area contributed by atoms with Crippen LogP contribution in [0.3, 0.4) is 0 Å². The molecule has 0 saturated heterocycles. The molecule has 0 spiro atoms. The summed E-state index contributed by atoms with van der Waals surface area (Å²) in [5.74, 6) is 0. The molecule has 4 nitrogen and oxygen atoms in total. The van der Waals surface area contributed by atoms with Crippen molar-refractivity contribution in [2.75, 3.05) is 17.6 Å². The van der Waals surface area contributed by atoms with Crippen molar-refractivity contribution in [2.24, 2.45) is 5.41 Å². The second-order valence-electron chi connectivity index (χ2n) is 5.48. The van der Waals surface area contributed by atoms with Crippen LogP contribution in [-0.2, 0) is 0 Å². The molecule has 92 valence electrons. The fourth-order valence-corrected chi connectivity index (χ4v) is 1.56. The Hall–Kier alpha value is -1.71. The number of hydrogen-bond acceptors (Lipinski definition) is 4. The van der Waals surface area contributed by atoms with Gasteiger partial charge in [0, 0.05) is 12.2 Å². The van der Waals surface area contributed by atoms with Crippen LogP contribution < -0.4 is 11.1 Å². The largest absolute Gasteiger partial charge is 0.424 e. The van der Waals surface area contributed by atoms with Gasteiger partial charge < -0.3 is 15.5 Å². The highest BCUT2D eigenvalue weighted by atomic mass is 16.4. The second kappa shape index (κ2) is 4.28. The maximum atomic E-state index is 5.69. The molecule has 0 bridgehead atoms. The Kier molecular flexibility index (Phi) is 2.96. The van der Waals surface area contributed by atoms with Crippen molar-refractivity contribution in [3.63, 3.8) is 0 Å². The van der Waals surface area contributed by atoms with E-state index in [1.807, 2.05) is 18.2 Å². The minimum atomic E-state index is 0.309. The molecule has 2 aromatic rings. The highest BCUT2D eigenvalue weighted by Crippen LogP contribution is 2.22. The van der Waals surface area contributed by atoms with Gasteiger partial charge in [-0.05, 0) is 30.0 Å². The molecule has 0 aliphatic carbocycles. The van der Waals surface area contributed by atoms with Gasteiger partial charge in [0.2, 0.25) is 0 Å². The van der Waals surface area contributed by atoms with Crippen LogP contribution >= 0.6 is 0 Å². The molecule has 0 radical (unpaired) electrons. The van der Waals surface area contributed by atoms with Crippen LogP contribution in [0.4, 0.5) is 11.7 Å². The van der Waals surface area contributed by atoms with Crippen LogP contribution in [0.5, 0.6) is 0 Å². The zero-order valence-electron chi connectivity index (χ0n) is 10.6. The fourth-order valence-electron chi connectivity index (χ4n) is 1.56. The number of anilines is 2. The van der Waals surface area contributed by atoms with Gasteiger partial charge in [-0.15, -0.1) is 0 Å². The summed E-state index contributed by atoms with van der Waals surface area (Å²) in [5.41, 5.74) is 8.25. The van der Waals surface area contributed by atoms with Crippen molar-refractivity contribution in [1.82, 2.24) is 4.98 Å². The molecule has 0 aliphatic heterocycles. The lowest BCUT2D eigenvalue weighted by Crippen LogP contribution is -2.12. The van der Waals surface area contributed by atoms with Crippen LogP contribution in [0, 0.1) is 5.41 Å². The van der Waals surface area contributed by atoms with Crippen LogP contribution in [-0.4, -0.2) is 11.5 Å². The van der Waals surface area contributed by atoms with Crippen LogP contribution in [0.15, 0.2) is 22.6 Å². The number of nitrogen functional groups attached to an aromatic ring is 1. The molecule has 0 saturated carbocycles. The first-order valence-electron chi connectivity index (χ1n) is 5.84. The van der Waals surface area contributed by atoms with E-state index in [9.17, 15) is 0 Å². The van der Waals surface area contributed by atoms with E-state index in [1.54, 1.807) is 0 Å². The summed E-state index contributed by atoms with van der Waals surface area (Å²) in [6.45, 7) is 7.48. The highest BCUT2D eigenvalue weighted by molar-refractivity contribution is 5.78. The van der Waals surface area contributed by atoms with Crippen molar-refractivity contribution < 1.29 is 4.42 Å². The molecular weight excluding hydrogens is 214 g/mol. The molecule has 2 rings (SSSR count). The molecule has 0 fully saturated rings. The van der Waals surface area contributed by atoms with E-state index in [1.165, 1.54) is 0 Å². The van der Waals surface area contributed by atoms with Crippen LogP contribution in [0.25, 0.3) is 11.1 Å². The predicted molar refractivity (Wildman–Crippen MR) is 71.0 cm³/mol. The normalized spacial score (nSPS) is 11.9. The lowest BCUT2D eigenvalue weighted by atomic mass is 9.92. The first kappa shape index (κ1) is 11.8. The Labute approximate surface area is 101 Å². The predicted octanol–water partition coefficient (Wildman–Crippen LogP) is 3.26. The number of oxazole rings is 1. The Morgan fingerprint density at radius 2 is 2.12 bits per heavy atom. The first-order valence-corrected chi connectivity index (χ1v) is 5.84. The smallest absolute Gasteiger partial charge is 0.295 e. The van der Waals surface area contributed by atoms with Gasteiger partial charge in [0.25, 0.3) is 6.01 Å². The molecule has 17 heavy (non-hydrogen) atoms. The van der Waals surface area contributed by atoms with Crippen LogP contribution in [0.2, 0.25) is 0 Å².